The molecular weight excluding hydrogens is 258 g/mol. The summed E-state index contributed by atoms with van der Waals surface area (Å²) in [7, 11) is 0. The Bertz CT molecular complexity index is 658. The average Bonchev–Trinajstić information content (AvgIpc) is 3.00. The molecule has 0 atom stereocenters. The highest BCUT2D eigenvalue weighted by molar-refractivity contribution is 7.16. The van der Waals surface area contributed by atoms with Crippen molar-refractivity contribution in [1.29, 1.82) is 0 Å². The maximum absolute atomic E-state index is 4.57. The summed E-state index contributed by atoms with van der Waals surface area (Å²) >= 11 is 1.58. The number of aromatic nitrogens is 4. The molecule has 1 aromatic carbocycles. The van der Waals surface area contributed by atoms with E-state index < -0.39 is 0 Å². The predicted molar refractivity (Wildman–Crippen MR) is 76.1 cm³/mol. The molecule has 2 heterocycles. The Balaban J connectivity index is 1.90. The van der Waals surface area contributed by atoms with Crippen molar-refractivity contribution in [2.45, 2.75) is 19.9 Å². The lowest BCUT2D eigenvalue weighted by Crippen LogP contribution is -2.13. The first kappa shape index (κ1) is 12.3. The summed E-state index contributed by atoms with van der Waals surface area (Å²) in [5.74, 6) is 0.800. The molecule has 0 bridgehead atoms. The number of fused-ring (bicyclic) bond motifs is 1. The van der Waals surface area contributed by atoms with Crippen molar-refractivity contribution in [2.75, 3.05) is 6.54 Å². The summed E-state index contributed by atoms with van der Waals surface area (Å²) in [4.78, 5) is 0.840. The molecule has 0 saturated carbocycles. The molecular formula is C13H15N5S. The van der Waals surface area contributed by atoms with Crippen LogP contribution >= 0.6 is 11.3 Å². The van der Waals surface area contributed by atoms with Gasteiger partial charge in [-0.2, -0.15) is 9.61 Å². The fourth-order valence-corrected chi connectivity index (χ4v) is 2.67. The summed E-state index contributed by atoms with van der Waals surface area (Å²) in [6, 6.07) is 10.0. The van der Waals surface area contributed by atoms with Crippen LogP contribution in [0.3, 0.4) is 0 Å². The van der Waals surface area contributed by atoms with E-state index in [0.29, 0.717) is 0 Å². The first-order valence-electron chi connectivity index (χ1n) is 6.35. The minimum Gasteiger partial charge on any atom is -0.310 e. The van der Waals surface area contributed by atoms with Gasteiger partial charge in [-0.05, 0) is 13.0 Å². The summed E-state index contributed by atoms with van der Waals surface area (Å²) in [6.45, 7) is 3.95. The minimum absolute atomic E-state index is 0.788. The van der Waals surface area contributed by atoms with Gasteiger partial charge in [0.05, 0.1) is 0 Å². The van der Waals surface area contributed by atoms with Crippen LogP contribution in [0.25, 0.3) is 16.3 Å². The number of nitrogens with zero attached hydrogens (tertiary/aromatic N) is 4. The molecule has 98 valence electrons. The smallest absolute Gasteiger partial charge is 0.235 e. The van der Waals surface area contributed by atoms with Gasteiger partial charge in [-0.1, -0.05) is 48.6 Å². The van der Waals surface area contributed by atoms with Crippen LogP contribution in [0.4, 0.5) is 0 Å². The van der Waals surface area contributed by atoms with Crippen LogP contribution in [0.5, 0.6) is 0 Å². The van der Waals surface area contributed by atoms with Gasteiger partial charge < -0.3 is 5.32 Å². The molecule has 3 rings (SSSR count). The van der Waals surface area contributed by atoms with E-state index in [2.05, 4.69) is 27.5 Å². The molecule has 0 radical (unpaired) electrons. The summed E-state index contributed by atoms with van der Waals surface area (Å²) in [5.41, 5.74) is 1.04. The topological polar surface area (TPSA) is 55.1 Å². The Hall–Kier alpha value is -1.79. The highest BCUT2D eigenvalue weighted by Gasteiger charge is 2.12. The first-order chi connectivity index (χ1) is 9.38. The molecule has 0 fully saturated rings. The molecule has 6 heteroatoms. The Morgan fingerprint density at radius 3 is 2.84 bits per heavy atom. The monoisotopic (exact) mass is 273 g/mol. The zero-order valence-electron chi connectivity index (χ0n) is 10.7. The molecule has 0 aliphatic carbocycles. The van der Waals surface area contributed by atoms with Crippen molar-refractivity contribution >= 4 is 16.3 Å². The molecule has 0 spiro atoms. The second-order valence-corrected chi connectivity index (χ2v) is 5.30. The summed E-state index contributed by atoms with van der Waals surface area (Å²) in [6.07, 6.45) is 1.12. The van der Waals surface area contributed by atoms with Crippen molar-refractivity contribution in [3.8, 4) is 11.4 Å². The van der Waals surface area contributed by atoms with Gasteiger partial charge >= 0.3 is 0 Å². The Labute approximate surface area is 115 Å². The van der Waals surface area contributed by atoms with Gasteiger partial charge in [-0.3, -0.25) is 0 Å². The second kappa shape index (κ2) is 5.46. The molecule has 0 aliphatic rings. The molecule has 0 unspecified atom stereocenters. The maximum atomic E-state index is 4.57. The lowest BCUT2D eigenvalue weighted by molar-refractivity contribution is 0.665. The number of nitrogens with one attached hydrogen (secondary N) is 1. The number of hydrogen-bond acceptors (Lipinski definition) is 5. The van der Waals surface area contributed by atoms with Gasteiger partial charge in [0.1, 0.15) is 5.01 Å². The number of hydrogen-bond donors (Lipinski definition) is 1. The van der Waals surface area contributed by atoms with Crippen molar-refractivity contribution in [1.82, 2.24) is 25.1 Å². The first-order valence-corrected chi connectivity index (χ1v) is 7.17. The van der Waals surface area contributed by atoms with Gasteiger partial charge in [0, 0.05) is 12.1 Å². The van der Waals surface area contributed by atoms with Gasteiger partial charge in [-0.15, -0.1) is 10.2 Å². The highest BCUT2D eigenvalue weighted by Crippen LogP contribution is 2.21. The van der Waals surface area contributed by atoms with Crippen molar-refractivity contribution < 1.29 is 0 Å². The van der Waals surface area contributed by atoms with Gasteiger partial charge in [0.25, 0.3) is 0 Å². The third kappa shape index (κ3) is 2.50. The van der Waals surface area contributed by atoms with E-state index in [4.69, 9.17) is 0 Å². The third-order valence-electron chi connectivity index (χ3n) is 2.77. The van der Waals surface area contributed by atoms with Crippen LogP contribution in [-0.2, 0) is 6.54 Å². The fourth-order valence-electron chi connectivity index (χ4n) is 1.87. The van der Waals surface area contributed by atoms with E-state index in [1.807, 2.05) is 34.8 Å². The maximum Gasteiger partial charge on any atom is 0.235 e. The molecule has 0 saturated heterocycles. The standard InChI is InChI=1S/C13H15N5S/c1-2-8-14-9-11-17-18-12(15-16-13(18)19-11)10-6-4-3-5-7-10/h3-7,14H,2,8-9H2,1H3. The van der Waals surface area contributed by atoms with Crippen molar-refractivity contribution in [3.05, 3.63) is 35.3 Å². The molecule has 5 nitrogen and oxygen atoms in total. The van der Waals surface area contributed by atoms with Crippen LogP contribution in [0.2, 0.25) is 0 Å². The molecule has 3 aromatic rings. The normalized spacial score (nSPS) is 11.2. The third-order valence-corrected chi connectivity index (χ3v) is 3.67. The van der Waals surface area contributed by atoms with E-state index >= 15 is 0 Å². The Kier molecular flexibility index (Phi) is 3.52. The molecule has 0 amide bonds. The van der Waals surface area contributed by atoms with Gasteiger partial charge in [-0.25, -0.2) is 0 Å². The zero-order chi connectivity index (χ0) is 13.1. The predicted octanol–water partition coefficient (Wildman–Crippen LogP) is 2.35. The van der Waals surface area contributed by atoms with Crippen LogP contribution < -0.4 is 5.32 Å². The zero-order valence-corrected chi connectivity index (χ0v) is 11.5. The van der Waals surface area contributed by atoms with E-state index in [1.165, 1.54) is 0 Å². The highest BCUT2D eigenvalue weighted by atomic mass is 32.1. The van der Waals surface area contributed by atoms with E-state index in [0.717, 1.165) is 40.9 Å². The van der Waals surface area contributed by atoms with E-state index in [9.17, 15) is 0 Å². The SMILES string of the molecule is CCCNCc1nn2c(-c3ccccc3)nnc2s1. The molecule has 2 aromatic heterocycles. The summed E-state index contributed by atoms with van der Waals surface area (Å²) < 4.78 is 1.82. The number of rotatable bonds is 5. The largest absolute Gasteiger partial charge is 0.310 e. The molecule has 19 heavy (non-hydrogen) atoms. The van der Waals surface area contributed by atoms with Gasteiger partial charge in [0.15, 0.2) is 5.82 Å². The van der Waals surface area contributed by atoms with Gasteiger partial charge in [0.2, 0.25) is 4.96 Å². The fraction of sp³-hybridized carbons (Fsp3) is 0.308. The lowest BCUT2D eigenvalue weighted by atomic mass is 10.2. The number of benzene rings is 1. The average molecular weight is 273 g/mol. The van der Waals surface area contributed by atoms with Crippen molar-refractivity contribution in [3.63, 3.8) is 0 Å². The Morgan fingerprint density at radius 2 is 2.05 bits per heavy atom. The Morgan fingerprint density at radius 1 is 1.21 bits per heavy atom. The van der Waals surface area contributed by atoms with Crippen LogP contribution in [-0.4, -0.2) is 26.4 Å². The lowest BCUT2D eigenvalue weighted by Gasteiger charge is -1.98. The molecule has 1 N–H and O–H groups in total. The van der Waals surface area contributed by atoms with E-state index in [1.54, 1.807) is 11.3 Å². The quantitative estimate of drug-likeness (QED) is 0.725. The molecule has 0 aliphatic heterocycles. The van der Waals surface area contributed by atoms with Crippen LogP contribution in [0.1, 0.15) is 18.4 Å². The second-order valence-electron chi connectivity index (χ2n) is 4.26. The summed E-state index contributed by atoms with van der Waals surface area (Å²) in [5, 5.41) is 17.3. The van der Waals surface area contributed by atoms with Crippen molar-refractivity contribution in [2.24, 2.45) is 0 Å². The van der Waals surface area contributed by atoms with E-state index in [-0.39, 0.29) is 0 Å². The minimum atomic E-state index is 0.788. The van der Waals surface area contributed by atoms with Crippen LogP contribution in [0, 0.1) is 0 Å². The van der Waals surface area contributed by atoms with Crippen LogP contribution in [0.15, 0.2) is 30.3 Å².